The number of methoxy groups -OCH3 is 1. The van der Waals surface area contributed by atoms with Crippen molar-refractivity contribution in [2.75, 3.05) is 30.8 Å². The van der Waals surface area contributed by atoms with Crippen LogP contribution in [0.25, 0.3) is 22.4 Å². The van der Waals surface area contributed by atoms with Crippen LogP contribution in [-0.2, 0) is 4.74 Å². The van der Waals surface area contributed by atoms with Crippen LogP contribution in [0.3, 0.4) is 0 Å². The number of anilines is 2. The second-order valence-electron chi connectivity index (χ2n) is 6.74. The first-order chi connectivity index (χ1) is 13.0. The van der Waals surface area contributed by atoms with E-state index in [-0.39, 0.29) is 11.4 Å². The number of nitrogen functional groups attached to an aromatic ring is 1. The van der Waals surface area contributed by atoms with Crippen molar-refractivity contribution in [2.45, 2.75) is 18.9 Å². The number of rotatable bonds is 4. The average molecular weight is 367 g/mol. The summed E-state index contributed by atoms with van der Waals surface area (Å²) < 4.78 is 5.43. The van der Waals surface area contributed by atoms with Crippen LogP contribution in [0.5, 0.6) is 0 Å². The predicted octanol–water partition coefficient (Wildman–Crippen LogP) is 3.34. The van der Waals surface area contributed by atoms with Crippen LogP contribution in [0.2, 0.25) is 0 Å². The minimum Gasteiger partial charge on any atom is -0.393 e. The lowest BCUT2D eigenvalue weighted by Crippen LogP contribution is -2.36. The van der Waals surface area contributed by atoms with Gasteiger partial charge in [0.05, 0.1) is 22.1 Å². The number of nitrogens with two attached hydrogens (primary N) is 1. The SMILES string of the molecule is COC1CCN(c2ccc3[nH]c(-c4ccc(N)c([N+](=O)[O-])c4)nc3c2)CC1. The number of ether oxygens (including phenoxy) is 1. The molecule has 0 aliphatic carbocycles. The van der Waals surface area contributed by atoms with Gasteiger partial charge in [0.25, 0.3) is 5.69 Å². The Morgan fingerprint density at radius 3 is 2.74 bits per heavy atom. The highest BCUT2D eigenvalue weighted by Gasteiger charge is 2.20. The van der Waals surface area contributed by atoms with E-state index in [0.29, 0.717) is 17.5 Å². The molecular formula is C19H21N5O3. The number of aromatic nitrogens is 2. The fourth-order valence-corrected chi connectivity index (χ4v) is 3.53. The van der Waals surface area contributed by atoms with Gasteiger partial charge in [0, 0.05) is 37.5 Å². The zero-order valence-electron chi connectivity index (χ0n) is 15.0. The number of hydrogen-bond acceptors (Lipinski definition) is 6. The molecule has 8 heteroatoms. The van der Waals surface area contributed by atoms with Crippen LogP contribution in [0.1, 0.15) is 12.8 Å². The number of benzene rings is 2. The highest BCUT2D eigenvalue weighted by molar-refractivity contribution is 5.83. The Balaban J connectivity index is 1.64. The van der Waals surface area contributed by atoms with E-state index in [4.69, 9.17) is 10.5 Å². The Kier molecular flexibility index (Phi) is 4.41. The van der Waals surface area contributed by atoms with E-state index >= 15 is 0 Å². The Morgan fingerprint density at radius 2 is 2.04 bits per heavy atom. The van der Waals surface area contributed by atoms with Gasteiger partial charge in [-0.25, -0.2) is 4.98 Å². The molecule has 8 nitrogen and oxygen atoms in total. The van der Waals surface area contributed by atoms with Crippen molar-refractivity contribution in [1.29, 1.82) is 0 Å². The first-order valence-electron chi connectivity index (χ1n) is 8.87. The largest absolute Gasteiger partial charge is 0.393 e. The molecule has 140 valence electrons. The van der Waals surface area contributed by atoms with E-state index in [1.807, 2.05) is 12.1 Å². The molecule has 1 fully saturated rings. The van der Waals surface area contributed by atoms with Gasteiger partial charge < -0.3 is 20.4 Å². The molecule has 0 saturated carbocycles. The number of hydrogen-bond donors (Lipinski definition) is 2. The standard InChI is InChI=1S/C19H21N5O3/c1-27-14-6-8-23(9-7-14)13-3-5-16-17(11-13)22-19(21-16)12-2-4-15(20)18(10-12)24(25)26/h2-5,10-11,14H,6-9,20H2,1H3,(H,21,22). The van der Waals surface area contributed by atoms with Gasteiger partial charge in [-0.3, -0.25) is 10.1 Å². The molecule has 0 amide bonds. The number of piperidine rings is 1. The van der Waals surface area contributed by atoms with Gasteiger partial charge in [0.15, 0.2) is 0 Å². The second kappa shape index (κ2) is 6.88. The molecular weight excluding hydrogens is 346 g/mol. The maximum absolute atomic E-state index is 11.1. The van der Waals surface area contributed by atoms with Crippen LogP contribution in [0.15, 0.2) is 36.4 Å². The first-order valence-corrected chi connectivity index (χ1v) is 8.87. The molecule has 0 radical (unpaired) electrons. The molecule has 0 atom stereocenters. The summed E-state index contributed by atoms with van der Waals surface area (Å²) in [6, 6.07) is 10.8. The van der Waals surface area contributed by atoms with Crippen molar-refractivity contribution in [1.82, 2.24) is 9.97 Å². The lowest BCUT2D eigenvalue weighted by atomic mass is 10.1. The fraction of sp³-hybridized carbons (Fsp3) is 0.316. The van der Waals surface area contributed by atoms with Crippen LogP contribution in [-0.4, -0.2) is 41.2 Å². The van der Waals surface area contributed by atoms with Crippen LogP contribution < -0.4 is 10.6 Å². The number of imidazole rings is 1. The zero-order chi connectivity index (χ0) is 19.0. The number of fused-ring (bicyclic) bond motifs is 1. The van der Waals surface area contributed by atoms with Gasteiger partial charge in [-0.1, -0.05) is 0 Å². The lowest BCUT2D eigenvalue weighted by Gasteiger charge is -2.32. The molecule has 1 aromatic heterocycles. The fourth-order valence-electron chi connectivity index (χ4n) is 3.53. The van der Waals surface area contributed by atoms with Crippen molar-refractivity contribution in [3.8, 4) is 11.4 Å². The van der Waals surface area contributed by atoms with Gasteiger partial charge in [-0.05, 0) is 43.2 Å². The van der Waals surface area contributed by atoms with Crippen LogP contribution in [0, 0.1) is 10.1 Å². The third-order valence-corrected chi connectivity index (χ3v) is 5.11. The molecule has 0 spiro atoms. The van der Waals surface area contributed by atoms with Gasteiger partial charge >= 0.3 is 0 Å². The summed E-state index contributed by atoms with van der Waals surface area (Å²) in [5.74, 6) is 0.586. The number of aromatic amines is 1. The molecule has 0 bridgehead atoms. The number of nitro groups is 1. The van der Waals surface area contributed by atoms with Gasteiger partial charge in [0.1, 0.15) is 11.5 Å². The van der Waals surface area contributed by atoms with E-state index in [0.717, 1.165) is 42.7 Å². The maximum atomic E-state index is 11.1. The Morgan fingerprint density at radius 1 is 1.26 bits per heavy atom. The molecule has 0 unspecified atom stereocenters. The van der Waals surface area contributed by atoms with Crippen molar-refractivity contribution >= 4 is 28.1 Å². The monoisotopic (exact) mass is 367 g/mol. The molecule has 3 N–H and O–H groups in total. The quantitative estimate of drug-likeness (QED) is 0.416. The summed E-state index contributed by atoms with van der Waals surface area (Å²) >= 11 is 0. The van der Waals surface area contributed by atoms with E-state index < -0.39 is 4.92 Å². The average Bonchev–Trinajstić information content (AvgIpc) is 3.11. The van der Waals surface area contributed by atoms with Gasteiger partial charge in [0.2, 0.25) is 0 Å². The number of nitrogens with one attached hydrogen (secondary N) is 1. The molecule has 3 aromatic rings. The van der Waals surface area contributed by atoms with E-state index in [9.17, 15) is 10.1 Å². The molecule has 1 aliphatic rings. The highest BCUT2D eigenvalue weighted by Crippen LogP contribution is 2.30. The number of H-pyrrole nitrogens is 1. The summed E-state index contributed by atoms with van der Waals surface area (Å²) in [5.41, 5.74) is 9.18. The third kappa shape index (κ3) is 3.31. The molecule has 2 aromatic carbocycles. The number of nitrogens with zero attached hydrogens (tertiary/aromatic N) is 3. The highest BCUT2D eigenvalue weighted by atomic mass is 16.6. The van der Waals surface area contributed by atoms with Crippen LogP contribution >= 0.6 is 0 Å². The molecule has 1 aliphatic heterocycles. The van der Waals surface area contributed by atoms with Crippen molar-refractivity contribution < 1.29 is 9.66 Å². The summed E-state index contributed by atoms with van der Waals surface area (Å²) in [4.78, 5) is 20.8. The van der Waals surface area contributed by atoms with Crippen molar-refractivity contribution in [2.24, 2.45) is 0 Å². The van der Waals surface area contributed by atoms with Crippen molar-refractivity contribution in [3.63, 3.8) is 0 Å². The Hall–Kier alpha value is -3.13. The minimum absolute atomic E-state index is 0.116. The third-order valence-electron chi connectivity index (χ3n) is 5.11. The summed E-state index contributed by atoms with van der Waals surface area (Å²) in [6.45, 7) is 1.90. The topological polar surface area (TPSA) is 110 Å². The van der Waals surface area contributed by atoms with Crippen molar-refractivity contribution in [3.05, 3.63) is 46.5 Å². The maximum Gasteiger partial charge on any atom is 0.292 e. The molecule has 1 saturated heterocycles. The predicted molar refractivity (Wildman–Crippen MR) is 105 cm³/mol. The molecule has 27 heavy (non-hydrogen) atoms. The summed E-state index contributed by atoms with van der Waals surface area (Å²) in [6.07, 6.45) is 2.36. The number of nitro benzene ring substituents is 1. The van der Waals surface area contributed by atoms with E-state index in [1.54, 1.807) is 13.2 Å². The molecule has 4 rings (SSSR count). The Labute approximate surface area is 156 Å². The zero-order valence-corrected chi connectivity index (χ0v) is 15.0. The van der Waals surface area contributed by atoms with Gasteiger partial charge in [-0.2, -0.15) is 0 Å². The first kappa shape index (κ1) is 17.3. The minimum atomic E-state index is -0.483. The van der Waals surface area contributed by atoms with E-state index in [1.165, 1.54) is 12.1 Å². The van der Waals surface area contributed by atoms with E-state index in [2.05, 4.69) is 20.9 Å². The lowest BCUT2D eigenvalue weighted by molar-refractivity contribution is -0.383. The summed E-state index contributed by atoms with van der Waals surface area (Å²) in [7, 11) is 1.76. The summed E-state index contributed by atoms with van der Waals surface area (Å²) in [5, 5.41) is 11.1. The molecule has 2 heterocycles. The van der Waals surface area contributed by atoms with Crippen LogP contribution in [0.4, 0.5) is 17.1 Å². The Bertz CT molecular complexity index is 992. The normalized spacial score (nSPS) is 15.4. The smallest absolute Gasteiger partial charge is 0.292 e. The van der Waals surface area contributed by atoms with Gasteiger partial charge in [-0.15, -0.1) is 0 Å². The second-order valence-corrected chi connectivity index (χ2v) is 6.74.